The van der Waals surface area contributed by atoms with Gasteiger partial charge in [-0.15, -0.1) is 0 Å². The number of anilines is 1. The van der Waals surface area contributed by atoms with Gasteiger partial charge in [0.2, 0.25) is 11.6 Å². The summed E-state index contributed by atoms with van der Waals surface area (Å²) in [7, 11) is -2.66. The number of rotatable bonds is 10. The Morgan fingerprint density at radius 2 is 1.55 bits per heavy atom. The van der Waals surface area contributed by atoms with Gasteiger partial charge in [-0.05, 0) is 41.3 Å². The maximum atomic E-state index is 13.5. The number of aromatic nitrogens is 4. The first-order valence-electron chi connectivity index (χ1n) is 12.0. The minimum Gasteiger partial charge on any atom is -0.493 e. The molecule has 0 amide bonds. The van der Waals surface area contributed by atoms with Crippen LogP contribution in [-0.2, 0) is 15.4 Å². The van der Waals surface area contributed by atoms with Crippen LogP contribution in [-0.4, -0.2) is 83.3 Å². The van der Waals surface area contributed by atoms with Gasteiger partial charge in [0.25, 0.3) is 15.9 Å². The van der Waals surface area contributed by atoms with E-state index in [0.29, 0.717) is 5.75 Å². The number of nitrogens with one attached hydrogen (secondary N) is 1. The summed E-state index contributed by atoms with van der Waals surface area (Å²) in [5.41, 5.74) is 0.827. The van der Waals surface area contributed by atoms with Crippen LogP contribution in [0.15, 0.2) is 71.9 Å². The van der Waals surface area contributed by atoms with Crippen LogP contribution in [0.4, 0.5) is 5.82 Å². The Hall–Kier alpha value is -3.29. The first kappa shape index (κ1) is 31.2. The number of aliphatic hydroxyl groups is 1. The van der Waals surface area contributed by atoms with E-state index in [9.17, 15) is 13.5 Å². The third-order valence-corrected chi connectivity index (χ3v) is 6.83. The fraction of sp³-hybridized carbons (Fsp3) is 0.259. The van der Waals surface area contributed by atoms with E-state index in [1.165, 1.54) is 31.6 Å². The molecule has 0 saturated heterocycles. The maximum absolute atomic E-state index is 13.5. The van der Waals surface area contributed by atoms with E-state index < -0.39 is 10.0 Å². The van der Waals surface area contributed by atoms with Crippen LogP contribution in [0.25, 0.3) is 11.6 Å². The largest absolute Gasteiger partial charge is 0.493 e. The molecule has 0 atom stereocenters. The molecule has 13 heteroatoms. The number of ether oxygens (including phenoxy) is 3. The van der Waals surface area contributed by atoms with Gasteiger partial charge in [0, 0.05) is 42.0 Å². The summed E-state index contributed by atoms with van der Waals surface area (Å²) in [5, 5.41) is 9.40. The van der Waals surface area contributed by atoms with Crippen LogP contribution in [0.2, 0.25) is 0 Å². The van der Waals surface area contributed by atoms with Gasteiger partial charge in [0.05, 0.1) is 18.6 Å². The Bertz CT molecular complexity index is 1530. The van der Waals surface area contributed by atoms with Crippen molar-refractivity contribution in [2.45, 2.75) is 31.1 Å². The van der Waals surface area contributed by atoms with Crippen molar-refractivity contribution in [3.05, 3.63) is 72.6 Å². The second-order valence-corrected chi connectivity index (χ2v) is 11.0. The first-order chi connectivity index (χ1) is 18.6. The Labute approximate surface area is 255 Å². The van der Waals surface area contributed by atoms with Gasteiger partial charge in [-0.3, -0.25) is 4.72 Å². The van der Waals surface area contributed by atoms with Crippen molar-refractivity contribution >= 4 is 45.4 Å². The third-order valence-electron chi connectivity index (χ3n) is 5.47. The maximum Gasteiger partial charge on any atom is 0.263 e. The molecule has 0 unspecified atom stereocenters. The number of aliphatic hydroxyl groups excluding tert-OH is 1. The van der Waals surface area contributed by atoms with Gasteiger partial charge in [-0.2, -0.15) is 4.98 Å². The first-order valence-corrected chi connectivity index (χ1v) is 13.5. The van der Waals surface area contributed by atoms with Crippen molar-refractivity contribution in [1.82, 2.24) is 19.9 Å². The molecule has 205 valence electrons. The summed E-state index contributed by atoms with van der Waals surface area (Å²) >= 11 is 0. The SMILES string of the molecule is COc1ccccc1Oc1c(NS(=O)(=O)c2ccc(C(C)(C)C)cc2)nc(-c2ncccn2)nc1OCCO.[Na]. The smallest absolute Gasteiger partial charge is 0.263 e. The fourth-order valence-corrected chi connectivity index (χ4v) is 4.48. The van der Waals surface area contributed by atoms with Gasteiger partial charge in [-0.25, -0.2) is 23.4 Å². The predicted molar refractivity (Wildman–Crippen MR) is 150 cm³/mol. The van der Waals surface area contributed by atoms with Gasteiger partial charge in [-0.1, -0.05) is 45.0 Å². The number of nitrogens with zero attached hydrogens (tertiary/aromatic N) is 4. The van der Waals surface area contributed by atoms with E-state index in [4.69, 9.17) is 14.2 Å². The number of para-hydroxylation sites is 2. The quantitative estimate of drug-likeness (QED) is 0.268. The van der Waals surface area contributed by atoms with Crippen molar-refractivity contribution in [1.29, 1.82) is 0 Å². The molecule has 0 aliphatic carbocycles. The van der Waals surface area contributed by atoms with Crippen molar-refractivity contribution in [2.75, 3.05) is 25.0 Å². The summed E-state index contributed by atoms with van der Waals surface area (Å²) in [6.07, 6.45) is 3.00. The standard InChI is InChI=1S/C27H29N5O6S.Na/c1-27(2,3)18-10-12-19(13-11-18)39(34,35)32-23-22(38-21-9-6-5-8-20(21)36-4)26(37-17-16-33)31-25(30-23)24-28-14-7-15-29-24;/h5-15,33H,16-17H2,1-4H3,(H,30,31,32);. The van der Waals surface area contributed by atoms with Crippen molar-refractivity contribution < 1.29 is 27.7 Å². The number of sulfonamides is 1. The van der Waals surface area contributed by atoms with Crippen LogP contribution >= 0.6 is 0 Å². The number of hydrogen-bond acceptors (Lipinski definition) is 10. The van der Waals surface area contributed by atoms with Crippen LogP contribution < -0.4 is 18.9 Å². The van der Waals surface area contributed by atoms with E-state index in [-0.39, 0.29) is 87.9 Å². The molecule has 11 nitrogen and oxygen atoms in total. The summed E-state index contributed by atoms with van der Waals surface area (Å²) in [4.78, 5) is 17.1. The Morgan fingerprint density at radius 3 is 2.15 bits per heavy atom. The number of benzene rings is 2. The zero-order chi connectivity index (χ0) is 28.0. The molecule has 0 aliphatic heterocycles. The molecule has 4 aromatic rings. The second kappa shape index (κ2) is 13.4. The Balaban J connectivity index is 0.00000441. The summed E-state index contributed by atoms with van der Waals surface area (Å²) in [5.74, 6) is 0.271. The average molecular weight is 575 g/mol. The van der Waals surface area contributed by atoms with Crippen LogP contribution in [0.3, 0.4) is 0 Å². The summed E-state index contributed by atoms with van der Waals surface area (Å²) in [6.45, 7) is 5.65. The Kier molecular flexibility index (Phi) is 10.4. The molecule has 2 heterocycles. The van der Waals surface area contributed by atoms with Gasteiger partial charge in [0.1, 0.15) is 6.61 Å². The van der Waals surface area contributed by atoms with E-state index in [0.717, 1.165) is 5.56 Å². The summed E-state index contributed by atoms with van der Waals surface area (Å²) < 4.78 is 46.6. The Morgan fingerprint density at radius 1 is 0.900 bits per heavy atom. The fourth-order valence-electron chi connectivity index (χ4n) is 3.48. The molecular formula is C27H29N5NaO6S. The predicted octanol–water partition coefficient (Wildman–Crippen LogP) is 3.82. The second-order valence-electron chi connectivity index (χ2n) is 9.31. The summed E-state index contributed by atoms with van der Waals surface area (Å²) in [6, 6.07) is 15.0. The molecule has 2 N–H and O–H groups in total. The third kappa shape index (κ3) is 7.46. The molecule has 0 spiro atoms. The zero-order valence-corrected chi connectivity index (χ0v) is 25.8. The molecule has 40 heavy (non-hydrogen) atoms. The molecule has 0 aliphatic rings. The van der Waals surface area contributed by atoms with E-state index in [2.05, 4.69) is 24.7 Å². The average Bonchev–Trinajstić information content (AvgIpc) is 2.93. The minimum atomic E-state index is -4.14. The van der Waals surface area contributed by atoms with Crippen molar-refractivity contribution in [3.63, 3.8) is 0 Å². The molecule has 4 rings (SSSR count). The minimum absolute atomic E-state index is 0. The van der Waals surface area contributed by atoms with Gasteiger partial charge < -0.3 is 19.3 Å². The molecule has 0 saturated carbocycles. The zero-order valence-electron chi connectivity index (χ0n) is 23.0. The van der Waals surface area contributed by atoms with Gasteiger partial charge >= 0.3 is 0 Å². The van der Waals surface area contributed by atoms with Crippen LogP contribution in [0.1, 0.15) is 26.3 Å². The molecule has 2 aromatic heterocycles. The number of methoxy groups -OCH3 is 1. The normalized spacial score (nSPS) is 11.3. The topological polar surface area (TPSA) is 146 Å². The molecule has 0 bridgehead atoms. The molecule has 0 fully saturated rings. The number of hydrogen-bond donors (Lipinski definition) is 2. The van der Waals surface area contributed by atoms with Gasteiger partial charge in [0.15, 0.2) is 23.1 Å². The van der Waals surface area contributed by atoms with E-state index >= 15 is 0 Å². The van der Waals surface area contributed by atoms with E-state index in [1.807, 2.05) is 20.8 Å². The molecule has 2 aromatic carbocycles. The van der Waals surface area contributed by atoms with Crippen LogP contribution in [0, 0.1) is 0 Å². The monoisotopic (exact) mass is 574 g/mol. The van der Waals surface area contributed by atoms with Crippen LogP contribution in [0.5, 0.6) is 23.1 Å². The van der Waals surface area contributed by atoms with E-state index in [1.54, 1.807) is 42.5 Å². The molecule has 1 radical (unpaired) electrons. The van der Waals surface area contributed by atoms with Crippen molar-refractivity contribution in [2.24, 2.45) is 0 Å². The van der Waals surface area contributed by atoms with Crippen molar-refractivity contribution in [3.8, 4) is 34.8 Å². The molecular weight excluding hydrogens is 545 g/mol.